The molecule has 4 nitrogen and oxygen atoms in total. The first-order valence-electron chi connectivity index (χ1n) is 6.69. The van der Waals surface area contributed by atoms with Crippen LogP contribution in [0.1, 0.15) is 22.4 Å². The van der Waals surface area contributed by atoms with Crippen molar-refractivity contribution in [2.75, 3.05) is 6.54 Å². The van der Waals surface area contributed by atoms with E-state index in [1.807, 2.05) is 6.92 Å². The molecule has 1 aliphatic heterocycles. The summed E-state index contributed by atoms with van der Waals surface area (Å²) in [5.41, 5.74) is 3.58. The Bertz CT molecular complexity index is 709. The van der Waals surface area contributed by atoms with Gasteiger partial charge in [0.1, 0.15) is 5.82 Å². The van der Waals surface area contributed by atoms with Gasteiger partial charge in [0.25, 0.3) is 5.56 Å². The van der Waals surface area contributed by atoms with E-state index in [1.165, 1.54) is 16.8 Å². The van der Waals surface area contributed by atoms with Gasteiger partial charge >= 0.3 is 0 Å². The van der Waals surface area contributed by atoms with Crippen LogP contribution in [0.25, 0.3) is 0 Å². The Morgan fingerprint density at radius 3 is 3.05 bits per heavy atom. The third kappa shape index (κ3) is 2.49. The van der Waals surface area contributed by atoms with Gasteiger partial charge in [0, 0.05) is 25.6 Å². The molecule has 0 spiro atoms. The average Bonchev–Trinajstić information content (AvgIpc) is 2.42. The zero-order valence-corrected chi connectivity index (χ0v) is 11.3. The molecule has 1 aromatic heterocycles. The van der Waals surface area contributed by atoms with E-state index in [0.717, 1.165) is 35.3 Å². The van der Waals surface area contributed by atoms with E-state index < -0.39 is 0 Å². The third-order valence-corrected chi connectivity index (χ3v) is 3.64. The van der Waals surface area contributed by atoms with Crippen molar-refractivity contribution in [2.45, 2.75) is 26.4 Å². The highest BCUT2D eigenvalue weighted by molar-refractivity contribution is 5.27. The van der Waals surface area contributed by atoms with Crippen LogP contribution in [-0.4, -0.2) is 16.3 Å². The number of rotatable bonds is 2. The Morgan fingerprint density at radius 1 is 1.40 bits per heavy atom. The first-order chi connectivity index (χ1) is 9.63. The number of fused-ring (bicyclic) bond motifs is 1. The number of nitrogens with zero attached hydrogens (tertiary/aromatic N) is 2. The van der Waals surface area contributed by atoms with Gasteiger partial charge in [-0.05, 0) is 35.7 Å². The second-order valence-corrected chi connectivity index (χ2v) is 5.11. The Balaban J connectivity index is 1.96. The first-order valence-corrected chi connectivity index (χ1v) is 6.69. The summed E-state index contributed by atoms with van der Waals surface area (Å²) in [6.45, 7) is 3.80. The van der Waals surface area contributed by atoms with Crippen LogP contribution in [0.4, 0.5) is 4.39 Å². The quantitative estimate of drug-likeness (QED) is 0.899. The van der Waals surface area contributed by atoms with E-state index in [9.17, 15) is 9.18 Å². The standard InChI is InChI=1S/C15H16FN3O/c1-10-6-13(16)3-2-11(10)9-19-15(20)7-12-8-17-5-4-14(12)18-19/h2-3,6-7,17H,4-5,8-9H2,1H3. The summed E-state index contributed by atoms with van der Waals surface area (Å²) in [5, 5.41) is 7.66. The van der Waals surface area contributed by atoms with Crippen LogP contribution in [0, 0.1) is 12.7 Å². The number of benzene rings is 1. The van der Waals surface area contributed by atoms with Gasteiger partial charge in [-0.25, -0.2) is 9.07 Å². The van der Waals surface area contributed by atoms with Gasteiger partial charge in [-0.15, -0.1) is 0 Å². The molecule has 0 saturated carbocycles. The molecule has 0 radical (unpaired) electrons. The Morgan fingerprint density at radius 2 is 2.25 bits per heavy atom. The topological polar surface area (TPSA) is 46.9 Å². The van der Waals surface area contributed by atoms with Crippen molar-refractivity contribution < 1.29 is 4.39 Å². The smallest absolute Gasteiger partial charge is 0.267 e. The highest BCUT2D eigenvalue weighted by atomic mass is 19.1. The van der Waals surface area contributed by atoms with Gasteiger partial charge < -0.3 is 5.32 Å². The van der Waals surface area contributed by atoms with Crippen molar-refractivity contribution in [1.82, 2.24) is 15.1 Å². The molecule has 0 bridgehead atoms. The molecule has 0 saturated heterocycles. The number of hydrogen-bond donors (Lipinski definition) is 1. The monoisotopic (exact) mass is 273 g/mol. The van der Waals surface area contributed by atoms with Gasteiger partial charge in [-0.3, -0.25) is 4.79 Å². The molecule has 1 aromatic carbocycles. The minimum Gasteiger partial charge on any atom is -0.312 e. The fraction of sp³-hybridized carbons (Fsp3) is 0.333. The van der Waals surface area contributed by atoms with E-state index in [2.05, 4.69) is 10.4 Å². The first kappa shape index (κ1) is 13.0. The highest BCUT2D eigenvalue weighted by Gasteiger charge is 2.13. The lowest BCUT2D eigenvalue weighted by Gasteiger charge is -2.17. The van der Waals surface area contributed by atoms with Crippen molar-refractivity contribution >= 4 is 0 Å². The molecule has 1 aliphatic rings. The SMILES string of the molecule is Cc1cc(F)ccc1Cn1nc2c(cc1=O)CNCC2. The molecule has 2 aromatic rings. The van der Waals surface area contributed by atoms with E-state index in [0.29, 0.717) is 13.1 Å². The normalized spacial score (nSPS) is 14.1. The van der Waals surface area contributed by atoms with Crippen LogP contribution in [0.15, 0.2) is 29.1 Å². The number of aromatic nitrogens is 2. The molecule has 0 aliphatic carbocycles. The fourth-order valence-electron chi connectivity index (χ4n) is 2.47. The maximum absolute atomic E-state index is 13.1. The number of halogens is 1. The maximum Gasteiger partial charge on any atom is 0.267 e. The van der Waals surface area contributed by atoms with Crippen LogP contribution in [0.2, 0.25) is 0 Å². The average molecular weight is 273 g/mol. The Kier molecular flexibility index (Phi) is 3.36. The summed E-state index contributed by atoms with van der Waals surface area (Å²) in [7, 11) is 0. The van der Waals surface area contributed by atoms with Gasteiger partial charge in [0.05, 0.1) is 12.2 Å². The molecule has 0 amide bonds. The lowest BCUT2D eigenvalue weighted by atomic mass is 10.1. The predicted octanol–water partition coefficient (Wildman–Crippen LogP) is 1.38. The summed E-state index contributed by atoms with van der Waals surface area (Å²) in [6.07, 6.45) is 0.831. The molecular weight excluding hydrogens is 257 g/mol. The molecule has 1 N–H and O–H groups in total. The van der Waals surface area contributed by atoms with Crippen LogP contribution in [0.5, 0.6) is 0 Å². The Hall–Kier alpha value is -2.01. The molecule has 3 rings (SSSR count). The molecular formula is C15H16FN3O. The van der Waals surface area contributed by atoms with E-state index in [1.54, 1.807) is 12.1 Å². The van der Waals surface area contributed by atoms with Gasteiger partial charge in [-0.1, -0.05) is 6.07 Å². The van der Waals surface area contributed by atoms with Crippen LogP contribution in [0.3, 0.4) is 0 Å². The van der Waals surface area contributed by atoms with E-state index >= 15 is 0 Å². The predicted molar refractivity (Wildman–Crippen MR) is 74.1 cm³/mol. The molecule has 0 fully saturated rings. The van der Waals surface area contributed by atoms with Crippen LogP contribution < -0.4 is 10.9 Å². The zero-order valence-electron chi connectivity index (χ0n) is 11.3. The summed E-state index contributed by atoms with van der Waals surface area (Å²) in [5.74, 6) is -0.261. The fourth-order valence-corrected chi connectivity index (χ4v) is 2.47. The maximum atomic E-state index is 13.1. The minimum absolute atomic E-state index is 0.115. The lowest BCUT2D eigenvalue weighted by molar-refractivity contribution is 0.560. The number of aryl methyl sites for hydroxylation is 1. The molecule has 0 unspecified atom stereocenters. The summed E-state index contributed by atoms with van der Waals surface area (Å²) in [6, 6.07) is 6.24. The summed E-state index contributed by atoms with van der Waals surface area (Å²) >= 11 is 0. The van der Waals surface area contributed by atoms with Crippen molar-refractivity contribution in [2.24, 2.45) is 0 Å². The van der Waals surface area contributed by atoms with Crippen molar-refractivity contribution in [3.8, 4) is 0 Å². The van der Waals surface area contributed by atoms with Gasteiger partial charge in [0.2, 0.25) is 0 Å². The molecule has 20 heavy (non-hydrogen) atoms. The second kappa shape index (κ2) is 5.17. The summed E-state index contributed by atoms with van der Waals surface area (Å²) < 4.78 is 14.6. The molecule has 0 atom stereocenters. The third-order valence-electron chi connectivity index (χ3n) is 3.64. The van der Waals surface area contributed by atoms with Crippen molar-refractivity contribution in [1.29, 1.82) is 0 Å². The minimum atomic E-state index is -0.261. The van der Waals surface area contributed by atoms with E-state index in [4.69, 9.17) is 0 Å². The number of nitrogens with one attached hydrogen (secondary N) is 1. The van der Waals surface area contributed by atoms with Crippen LogP contribution >= 0.6 is 0 Å². The molecule has 5 heteroatoms. The Labute approximate surface area is 116 Å². The number of hydrogen-bond acceptors (Lipinski definition) is 3. The highest BCUT2D eigenvalue weighted by Crippen LogP contribution is 2.12. The van der Waals surface area contributed by atoms with Crippen molar-refractivity contribution in [3.05, 3.63) is 62.8 Å². The van der Waals surface area contributed by atoms with Gasteiger partial charge in [0.15, 0.2) is 0 Å². The van der Waals surface area contributed by atoms with Crippen molar-refractivity contribution in [3.63, 3.8) is 0 Å². The molecule has 104 valence electrons. The van der Waals surface area contributed by atoms with Crippen LogP contribution in [-0.2, 0) is 19.5 Å². The second-order valence-electron chi connectivity index (χ2n) is 5.11. The zero-order chi connectivity index (χ0) is 14.1. The summed E-state index contributed by atoms with van der Waals surface area (Å²) in [4.78, 5) is 12.1. The largest absolute Gasteiger partial charge is 0.312 e. The lowest BCUT2D eigenvalue weighted by Crippen LogP contribution is -2.32. The molecule has 2 heterocycles. The van der Waals surface area contributed by atoms with E-state index in [-0.39, 0.29) is 11.4 Å². The van der Waals surface area contributed by atoms with Gasteiger partial charge in [-0.2, -0.15) is 5.10 Å².